The zero-order valence-corrected chi connectivity index (χ0v) is 10.9. The number of primary amides is 1. The molecule has 5 nitrogen and oxygen atoms in total. The second-order valence-corrected chi connectivity index (χ2v) is 5.50. The van der Waals surface area contributed by atoms with Crippen molar-refractivity contribution in [3.05, 3.63) is 0 Å². The van der Waals surface area contributed by atoms with Gasteiger partial charge in [0.05, 0.1) is 6.04 Å². The lowest BCUT2D eigenvalue weighted by Crippen LogP contribution is -2.57. The Morgan fingerprint density at radius 3 is 2.71 bits per heavy atom. The summed E-state index contributed by atoms with van der Waals surface area (Å²) in [4.78, 5) is 16.1. The van der Waals surface area contributed by atoms with Gasteiger partial charge >= 0.3 is 0 Å². The van der Waals surface area contributed by atoms with Crippen molar-refractivity contribution in [2.24, 2.45) is 5.73 Å². The molecule has 17 heavy (non-hydrogen) atoms. The molecule has 3 N–H and O–H groups in total. The van der Waals surface area contributed by atoms with Gasteiger partial charge in [0.1, 0.15) is 0 Å². The molecular formula is C12H24N4O. The third-order valence-electron chi connectivity index (χ3n) is 3.74. The molecule has 1 saturated heterocycles. The Bertz CT molecular complexity index is 280. The van der Waals surface area contributed by atoms with Crippen LogP contribution >= 0.6 is 0 Å². The fourth-order valence-corrected chi connectivity index (χ4v) is 2.44. The topological polar surface area (TPSA) is 61.6 Å². The highest BCUT2D eigenvalue weighted by Gasteiger charge is 2.30. The van der Waals surface area contributed by atoms with Crippen molar-refractivity contribution in [1.29, 1.82) is 0 Å². The lowest BCUT2D eigenvalue weighted by atomic mass is 10.1. The summed E-state index contributed by atoms with van der Waals surface area (Å²) in [6.45, 7) is 6.12. The number of nitrogens with one attached hydrogen (secondary N) is 1. The van der Waals surface area contributed by atoms with Crippen LogP contribution in [0.15, 0.2) is 0 Å². The van der Waals surface area contributed by atoms with E-state index in [0.717, 1.165) is 26.2 Å². The predicted octanol–water partition coefficient (Wildman–Crippen LogP) is -0.772. The molecular weight excluding hydrogens is 216 g/mol. The van der Waals surface area contributed by atoms with Crippen LogP contribution in [-0.2, 0) is 4.79 Å². The summed E-state index contributed by atoms with van der Waals surface area (Å²) < 4.78 is 0. The van der Waals surface area contributed by atoms with Gasteiger partial charge in [-0.15, -0.1) is 0 Å². The van der Waals surface area contributed by atoms with Crippen molar-refractivity contribution in [2.45, 2.75) is 37.9 Å². The molecule has 0 aromatic heterocycles. The first-order valence-electron chi connectivity index (χ1n) is 6.54. The van der Waals surface area contributed by atoms with E-state index in [9.17, 15) is 4.79 Å². The molecule has 2 unspecified atom stereocenters. The molecule has 98 valence electrons. The number of carbonyl (C=O) groups is 1. The highest BCUT2D eigenvalue weighted by molar-refractivity contribution is 5.80. The van der Waals surface area contributed by atoms with Crippen LogP contribution in [0.25, 0.3) is 0 Å². The fraction of sp³-hybridized carbons (Fsp3) is 0.917. The normalized spacial score (nSPS) is 29.2. The van der Waals surface area contributed by atoms with Gasteiger partial charge in [0.15, 0.2) is 0 Å². The predicted molar refractivity (Wildman–Crippen MR) is 67.7 cm³/mol. The summed E-state index contributed by atoms with van der Waals surface area (Å²) in [6, 6.07) is 0.834. The van der Waals surface area contributed by atoms with Crippen LogP contribution < -0.4 is 11.1 Å². The minimum atomic E-state index is -0.219. The van der Waals surface area contributed by atoms with E-state index in [0.29, 0.717) is 12.1 Å². The molecule has 1 aliphatic carbocycles. The molecule has 1 amide bonds. The lowest BCUT2D eigenvalue weighted by molar-refractivity contribution is -0.120. The first-order valence-corrected chi connectivity index (χ1v) is 6.54. The van der Waals surface area contributed by atoms with E-state index >= 15 is 0 Å². The summed E-state index contributed by atoms with van der Waals surface area (Å²) >= 11 is 0. The molecule has 0 bridgehead atoms. The minimum absolute atomic E-state index is 0.187. The number of rotatable bonds is 5. The van der Waals surface area contributed by atoms with Gasteiger partial charge in [0, 0.05) is 38.3 Å². The SMILES string of the molecule is CC1CN(C)CCN1CC(NC1CC1)C(N)=O. The van der Waals surface area contributed by atoms with Crippen molar-refractivity contribution in [3.8, 4) is 0 Å². The van der Waals surface area contributed by atoms with Gasteiger partial charge in [-0.3, -0.25) is 9.69 Å². The Morgan fingerprint density at radius 1 is 1.47 bits per heavy atom. The number of likely N-dealkylation sites (N-methyl/N-ethyl adjacent to an activating group) is 1. The van der Waals surface area contributed by atoms with Gasteiger partial charge in [0.2, 0.25) is 5.91 Å². The summed E-state index contributed by atoms with van der Waals surface area (Å²) in [7, 11) is 2.14. The third-order valence-corrected chi connectivity index (χ3v) is 3.74. The van der Waals surface area contributed by atoms with Gasteiger partial charge in [-0.25, -0.2) is 0 Å². The maximum absolute atomic E-state index is 11.4. The molecule has 1 aliphatic heterocycles. The van der Waals surface area contributed by atoms with Gasteiger partial charge < -0.3 is 16.0 Å². The minimum Gasteiger partial charge on any atom is -0.368 e. The van der Waals surface area contributed by atoms with Crippen molar-refractivity contribution in [2.75, 3.05) is 33.2 Å². The zero-order valence-electron chi connectivity index (χ0n) is 10.9. The van der Waals surface area contributed by atoms with Crippen molar-refractivity contribution < 1.29 is 4.79 Å². The second-order valence-electron chi connectivity index (χ2n) is 5.50. The van der Waals surface area contributed by atoms with Crippen molar-refractivity contribution in [1.82, 2.24) is 15.1 Å². The molecule has 0 aromatic carbocycles. The van der Waals surface area contributed by atoms with Gasteiger partial charge in [-0.1, -0.05) is 0 Å². The van der Waals surface area contributed by atoms with Crippen LogP contribution in [0.5, 0.6) is 0 Å². The number of nitrogens with two attached hydrogens (primary N) is 1. The Morgan fingerprint density at radius 2 is 2.18 bits per heavy atom. The van der Waals surface area contributed by atoms with E-state index in [1.165, 1.54) is 12.8 Å². The van der Waals surface area contributed by atoms with Gasteiger partial charge in [0.25, 0.3) is 0 Å². The summed E-state index contributed by atoms with van der Waals surface area (Å²) in [6.07, 6.45) is 2.37. The Labute approximate surface area is 103 Å². The highest BCUT2D eigenvalue weighted by atomic mass is 16.1. The van der Waals surface area contributed by atoms with Crippen molar-refractivity contribution >= 4 is 5.91 Å². The molecule has 2 rings (SSSR count). The molecule has 0 aromatic rings. The maximum Gasteiger partial charge on any atom is 0.235 e. The molecule has 1 heterocycles. The van der Waals surface area contributed by atoms with E-state index in [4.69, 9.17) is 5.73 Å². The Balaban J connectivity index is 1.85. The van der Waals surface area contributed by atoms with Crippen LogP contribution in [0, 0.1) is 0 Å². The molecule has 1 saturated carbocycles. The summed E-state index contributed by atoms with van der Waals surface area (Å²) in [5.41, 5.74) is 5.46. The van der Waals surface area contributed by atoms with E-state index < -0.39 is 0 Å². The van der Waals surface area contributed by atoms with E-state index in [-0.39, 0.29) is 11.9 Å². The second kappa shape index (κ2) is 5.33. The lowest BCUT2D eigenvalue weighted by Gasteiger charge is -2.39. The number of amides is 1. The molecule has 0 spiro atoms. The third kappa shape index (κ3) is 3.66. The standard InChI is InChI=1S/C12H24N4O/c1-9-7-15(2)5-6-16(9)8-11(12(13)17)14-10-3-4-10/h9-11,14H,3-8H2,1-2H3,(H2,13,17). The van der Waals surface area contributed by atoms with Crippen molar-refractivity contribution in [3.63, 3.8) is 0 Å². The zero-order chi connectivity index (χ0) is 12.4. The first-order chi connectivity index (χ1) is 8.06. The average Bonchev–Trinajstić information content (AvgIpc) is 3.04. The van der Waals surface area contributed by atoms with E-state index in [1.54, 1.807) is 0 Å². The van der Waals surface area contributed by atoms with Crippen LogP contribution in [0.3, 0.4) is 0 Å². The largest absolute Gasteiger partial charge is 0.368 e. The van der Waals surface area contributed by atoms with E-state index in [1.807, 2.05) is 0 Å². The van der Waals surface area contributed by atoms with Crippen LogP contribution in [-0.4, -0.2) is 67.1 Å². The number of hydrogen-bond donors (Lipinski definition) is 2. The summed E-state index contributed by atoms with van der Waals surface area (Å²) in [5, 5.41) is 3.34. The number of piperazine rings is 1. The fourth-order valence-electron chi connectivity index (χ4n) is 2.44. The van der Waals surface area contributed by atoms with E-state index in [2.05, 4.69) is 29.1 Å². The quantitative estimate of drug-likeness (QED) is 0.662. The molecule has 2 fully saturated rings. The number of nitrogens with zero attached hydrogens (tertiary/aromatic N) is 2. The Hall–Kier alpha value is -0.650. The number of carbonyl (C=O) groups excluding carboxylic acids is 1. The van der Waals surface area contributed by atoms with Crippen LogP contribution in [0.2, 0.25) is 0 Å². The average molecular weight is 240 g/mol. The molecule has 2 aliphatic rings. The first kappa shape index (κ1) is 12.8. The molecule has 5 heteroatoms. The highest BCUT2D eigenvalue weighted by Crippen LogP contribution is 2.20. The van der Waals surface area contributed by atoms with Crippen LogP contribution in [0.4, 0.5) is 0 Å². The molecule has 0 radical (unpaired) electrons. The molecule has 2 atom stereocenters. The maximum atomic E-state index is 11.4. The number of hydrogen-bond acceptors (Lipinski definition) is 4. The van der Waals surface area contributed by atoms with Gasteiger partial charge in [-0.05, 0) is 26.8 Å². The monoisotopic (exact) mass is 240 g/mol. The smallest absolute Gasteiger partial charge is 0.235 e. The Kier molecular flexibility index (Phi) is 4.01. The van der Waals surface area contributed by atoms with Gasteiger partial charge in [-0.2, -0.15) is 0 Å². The summed E-state index contributed by atoms with van der Waals surface area (Å²) in [5.74, 6) is -0.219. The van der Waals surface area contributed by atoms with Crippen LogP contribution in [0.1, 0.15) is 19.8 Å².